The first-order chi connectivity index (χ1) is 16.2. The molecule has 1 fully saturated rings. The molecule has 0 aliphatic heterocycles. The first-order valence-electron chi connectivity index (χ1n) is 10.9. The molecule has 0 saturated heterocycles. The van der Waals surface area contributed by atoms with Gasteiger partial charge in [0.05, 0.1) is 30.2 Å². The highest BCUT2D eigenvalue weighted by atomic mass is 32.2. The summed E-state index contributed by atoms with van der Waals surface area (Å²) in [6.45, 7) is -0.277. The van der Waals surface area contributed by atoms with Gasteiger partial charge in [-0.25, -0.2) is 13.4 Å². The van der Waals surface area contributed by atoms with E-state index in [4.69, 9.17) is 0 Å². The van der Waals surface area contributed by atoms with E-state index < -0.39 is 21.8 Å². The van der Waals surface area contributed by atoms with Crippen LogP contribution in [0.3, 0.4) is 0 Å². The van der Waals surface area contributed by atoms with Crippen LogP contribution in [-0.2, 0) is 14.8 Å². The van der Waals surface area contributed by atoms with Crippen LogP contribution in [0.2, 0.25) is 0 Å². The number of anilines is 1. The molecule has 0 bridgehead atoms. The van der Waals surface area contributed by atoms with Gasteiger partial charge in [0.25, 0.3) is 5.91 Å². The molecule has 2 amide bonds. The number of aromatic nitrogens is 2. The summed E-state index contributed by atoms with van der Waals surface area (Å²) in [5.41, 5.74) is 3.09. The Morgan fingerprint density at radius 3 is 2.68 bits per heavy atom. The molecule has 1 aromatic carbocycles. The van der Waals surface area contributed by atoms with Crippen LogP contribution in [0.1, 0.15) is 47.5 Å². The van der Waals surface area contributed by atoms with Crippen LogP contribution in [0.25, 0.3) is 11.3 Å². The van der Waals surface area contributed by atoms with E-state index in [9.17, 15) is 23.1 Å². The Morgan fingerprint density at radius 2 is 1.97 bits per heavy atom. The van der Waals surface area contributed by atoms with Gasteiger partial charge in [-0.15, -0.1) is 11.3 Å². The van der Waals surface area contributed by atoms with Crippen LogP contribution < -0.4 is 10.6 Å². The highest BCUT2D eigenvalue weighted by Crippen LogP contribution is 2.35. The van der Waals surface area contributed by atoms with E-state index in [1.807, 2.05) is 17.5 Å². The van der Waals surface area contributed by atoms with Gasteiger partial charge < -0.3 is 15.7 Å². The molecule has 0 radical (unpaired) electrons. The summed E-state index contributed by atoms with van der Waals surface area (Å²) in [7, 11) is -3.48. The van der Waals surface area contributed by atoms with Gasteiger partial charge in [0.1, 0.15) is 0 Å². The maximum absolute atomic E-state index is 12.3. The maximum atomic E-state index is 12.3. The van der Waals surface area contributed by atoms with E-state index in [0.717, 1.165) is 47.2 Å². The smallest absolute Gasteiger partial charge is 0.253 e. The Balaban J connectivity index is 1.33. The lowest BCUT2D eigenvalue weighted by Crippen LogP contribution is -2.32. The zero-order valence-electron chi connectivity index (χ0n) is 18.6. The molecule has 1 aliphatic carbocycles. The molecule has 0 atom stereocenters. The van der Waals surface area contributed by atoms with Crippen molar-refractivity contribution in [2.75, 3.05) is 18.1 Å². The van der Waals surface area contributed by atoms with Crippen LogP contribution in [0.4, 0.5) is 5.13 Å². The number of aliphatic hydroxyl groups excluding tert-OH is 1. The first kappa shape index (κ1) is 24.1. The average molecular weight is 503 g/mol. The zero-order chi connectivity index (χ0) is 24.3. The highest BCUT2D eigenvalue weighted by Gasteiger charge is 2.21. The molecule has 4 rings (SSSR count). The number of hydrogen-bond acceptors (Lipinski definition) is 7. The number of nitrogens with one attached hydrogen (secondary N) is 2. The lowest BCUT2D eigenvalue weighted by molar-refractivity contribution is -0.115. The minimum atomic E-state index is -3.48. The van der Waals surface area contributed by atoms with Gasteiger partial charge in [-0.3, -0.25) is 13.6 Å². The molecule has 180 valence electrons. The van der Waals surface area contributed by atoms with Crippen molar-refractivity contribution in [3.05, 3.63) is 59.2 Å². The number of hydrogen-bond donors (Lipinski definition) is 3. The van der Waals surface area contributed by atoms with E-state index in [1.165, 1.54) is 35.4 Å². The number of thiazole rings is 1. The Labute approximate surface area is 201 Å². The molecule has 34 heavy (non-hydrogen) atoms. The summed E-state index contributed by atoms with van der Waals surface area (Å²) >= 11 is 1.29. The third kappa shape index (κ3) is 5.91. The fourth-order valence-electron chi connectivity index (χ4n) is 3.97. The minimum Gasteiger partial charge on any atom is -0.393 e. The molecular formula is C23H26N4O5S2. The first-order valence-corrected chi connectivity index (χ1v) is 13.6. The van der Waals surface area contributed by atoms with Crippen LogP contribution >= 0.6 is 11.3 Å². The molecule has 0 spiro atoms. The van der Waals surface area contributed by atoms with Gasteiger partial charge in [0, 0.05) is 23.3 Å². The summed E-state index contributed by atoms with van der Waals surface area (Å²) in [6, 6.07) is 9.56. The largest absolute Gasteiger partial charge is 0.393 e. The Kier molecular flexibility index (Phi) is 7.15. The molecule has 9 nitrogen and oxygen atoms in total. The number of benzene rings is 1. The molecule has 2 heterocycles. The van der Waals surface area contributed by atoms with E-state index in [0.29, 0.717) is 11.0 Å². The second-order valence-electron chi connectivity index (χ2n) is 8.39. The number of carbonyl (C=O) groups is 2. The predicted molar refractivity (Wildman–Crippen MR) is 130 cm³/mol. The lowest BCUT2D eigenvalue weighted by Gasteiger charge is -2.25. The fourth-order valence-corrected chi connectivity index (χ4v) is 5.29. The predicted octanol–water partition coefficient (Wildman–Crippen LogP) is 2.81. The van der Waals surface area contributed by atoms with Crippen LogP contribution in [0, 0.1) is 0 Å². The van der Waals surface area contributed by atoms with Gasteiger partial charge >= 0.3 is 0 Å². The van der Waals surface area contributed by atoms with Crippen LogP contribution in [-0.4, -0.2) is 53.2 Å². The van der Waals surface area contributed by atoms with E-state index in [-0.39, 0.29) is 18.2 Å². The van der Waals surface area contributed by atoms with Crippen molar-refractivity contribution >= 4 is 38.3 Å². The van der Waals surface area contributed by atoms with E-state index in [1.54, 1.807) is 0 Å². The van der Waals surface area contributed by atoms with Crippen LogP contribution in [0.15, 0.2) is 48.1 Å². The summed E-state index contributed by atoms with van der Waals surface area (Å²) in [4.78, 5) is 28.9. The molecule has 1 aliphatic rings. The SMILES string of the molecule is CS(=O)(=O)n1ccc(C(=O)NCC(=O)Nc2nc(-c3cccc([C@H]4CC[C@@H](O)CC4)c3)cs2)c1. The Morgan fingerprint density at radius 1 is 1.21 bits per heavy atom. The van der Waals surface area contributed by atoms with Gasteiger partial charge in [-0.2, -0.15) is 0 Å². The second kappa shape index (κ2) is 10.1. The van der Waals surface area contributed by atoms with Crippen molar-refractivity contribution in [2.24, 2.45) is 0 Å². The molecule has 1 saturated carbocycles. The Hall–Kier alpha value is -3.02. The molecular weight excluding hydrogens is 476 g/mol. The van der Waals surface area contributed by atoms with E-state index in [2.05, 4.69) is 27.8 Å². The van der Waals surface area contributed by atoms with Gasteiger partial charge in [0.15, 0.2) is 5.13 Å². The molecule has 0 unspecified atom stereocenters. The standard InChI is InChI=1S/C23H26N4O5S2/c1-34(31,32)27-10-9-18(13-27)22(30)24-12-21(29)26-23-25-20(14-33-23)17-4-2-3-16(11-17)15-5-7-19(28)8-6-15/h2-4,9-11,13-15,19,28H,5-8,12H2,1H3,(H,24,30)(H,25,26,29)/t15-,19+. The van der Waals surface area contributed by atoms with Crippen molar-refractivity contribution in [3.63, 3.8) is 0 Å². The van der Waals surface area contributed by atoms with Crippen molar-refractivity contribution < 1.29 is 23.1 Å². The maximum Gasteiger partial charge on any atom is 0.253 e. The Bertz CT molecular complexity index is 1290. The molecule has 3 N–H and O–H groups in total. The van der Waals surface area contributed by atoms with Gasteiger partial charge in [0.2, 0.25) is 15.9 Å². The number of carbonyl (C=O) groups excluding carboxylic acids is 2. The molecule has 11 heteroatoms. The number of aliphatic hydroxyl groups is 1. The quantitative estimate of drug-likeness (QED) is 0.455. The minimum absolute atomic E-state index is 0.141. The summed E-state index contributed by atoms with van der Waals surface area (Å²) in [5.74, 6) is -0.560. The van der Waals surface area contributed by atoms with Crippen molar-refractivity contribution in [3.8, 4) is 11.3 Å². The molecule has 2 aromatic heterocycles. The lowest BCUT2D eigenvalue weighted by atomic mass is 9.82. The fraction of sp³-hybridized carbons (Fsp3) is 0.348. The second-order valence-corrected chi connectivity index (χ2v) is 11.1. The van der Waals surface area contributed by atoms with Crippen molar-refractivity contribution in [1.82, 2.24) is 14.3 Å². The zero-order valence-corrected chi connectivity index (χ0v) is 20.2. The number of rotatable bonds is 7. The van der Waals surface area contributed by atoms with Crippen molar-refractivity contribution in [1.29, 1.82) is 0 Å². The summed E-state index contributed by atoms with van der Waals surface area (Å²) in [6.07, 6.45) is 6.88. The highest BCUT2D eigenvalue weighted by molar-refractivity contribution is 7.89. The van der Waals surface area contributed by atoms with Crippen molar-refractivity contribution in [2.45, 2.75) is 37.7 Å². The van der Waals surface area contributed by atoms with Crippen LogP contribution in [0.5, 0.6) is 0 Å². The molecule has 3 aromatic rings. The average Bonchev–Trinajstić information content (AvgIpc) is 3.48. The number of amides is 2. The number of nitrogens with zero attached hydrogens (tertiary/aromatic N) is 2. The summed E-state index contributed by atoms with van der Waals surface area (Å²) < 4.78 is 23.9. The summed E-state index contributed by atoms with van der Waals surface area (Å²) in [5, 5.41) is 17.2. The monoisotopic (exact) mass is 502 g/mol. The van der Waals surface area contributed by atoms with Gasteiger partial charge in [-0.1, -0.05) is 18.2 Å². The van der Waals surface area contributed by atoms with Gasteiger partial charge in [-0.05, 0) is 49.3 Å². The third-order valence-electron chi connectivity index (χ3n) is 5.82. The third-order valence-corrected chi connectivity index (χ3v) is 7.57. The topological polar surface area (TPSA) is 130 Å². The van der Waals surface area contributed by atoms with E-state index >= 15 is 0 Å². The normalized spacial score (nSPS) is 18.4.